The van der Waals surface area contributed by atoms with Crippen LogP contribution in [-0.4, -0.2) is 6.54 Å². The van der Waals surface area contributed by atoms with E-state index in [0.29, 0.717) is 0 Å². The minimum Gasteiger partial charge on any atom is -0.385 e. The second-order valence-corrected chi connectivity index (χ2v) is 5.52. The molecule has 0 atom stereocenters. The molecule has 0 unspecified atom stereocenters. The van der Waals surface area contributed by atoms with Crippen LogP contribution in [-0.2, 0) is 12.8 Å². The van der Waals surface area contributed by atoms with Gasteiger partial charge in [0.05, 0.1) is 0 Å². The Morgan fingerprint density at radius 2 is 1.79 bits per heavy atom. The van der Waals surface area contributed by atoms with Crippen molar-refractivity contribution in [3.63, 3.8) is 0 Å². The average molecular weight is 251 g/mol. The van der Waals surface area contributed by atoms with Crippen molar-refractivity contribution < 1.29 is 0 Å². The third kappa shape index (κ3) is 2.37. The van der Waals surface area contributed by atoms with Crippen molar-refractivity contribution in [2.45, 2.75) is 33.1 Å². The Kier molecular flexibility index (Phi) is 3.29. The van der Waals surface area contributed by atoms with Crippen molar-refractivity contribution in [3.05, 3.63) is 64.2 Å². The maximum atomic E-state index is 3.59. The Morgan fingerprint density at radius 1 is 1.00 bits per heavy atom. The highest BCUT2D eigenvalue weighted by Gasteiger charge is 2.13. The molecule has 1 heterocycles. The number of hydrogen-bond acceptors (Lipinski definition) is 1. The molecule has 19 heavy (non-hydrogen) atoms. The quantitative estimate of drug-likeness (QED) is 0.841. The van der Waals surface area contributed by atoms with Gasteiger partial charge in [-0.05, 0) is 60.9 Å². The van der Waals surface area contributed by atoms with Crippen LogP contribution in [0, 0.1) is 13.8 Å². The Balaban J connectivity index is 1.97. The van der Waals surface area contributed by atoms with Crippen LogP contribution in [0.5, 0.6) is 0 Å². The number of para-hydroxylation sites is 1. The van der Waals surface area contributed by atoms with Gasteiger partial charge in [-0.25, -0.2) is 0 Å². The van der Waals surface area contributed by atoms with Gasteiger partial charge >= 0.3 is 0 Å². The van der Waals surface area contributed by atoms with Gasteiger partial charge in [0.2, 0.25) is 0 Å². The summed E-state index contributed by atoms with van der Waals surface area (Å²) >= 11 is 0. The van der Waals surface area contributed by atoms with E-state index in [2.05, 4.69) is 55.6 Å². The topological polar surface area (TPSA) is 12.0 Å². The molecular weight excluding hydrogens is 230 g/mol. The summed E-state index contributed by atoms with van der Waals surface area (Å²) in [4.78, 5) is 0. The number of nitrogens with one attached hydrogen (secondary N) is 1. The zero-order valence-corrected chi connectivity index (χ0v) is 11.8. The molecule has 0 bridgehead atoms. The van der Waals surface area contributed by atoms with Crippen molar-refractivity contribution in [3.8, 4) is 0 Å². The number of fused-ring (bicyclic) bond motifs is 1. The average Bonchev–Trinajstić information content (AvgIpc) is 2.44. The van der Waals surface area contributed by atoms with Crippen LogP contribution in [0.15, 0.2) is 36.4 Å². The molecule has 2 aromatic carbocycles. The largest absolute Gasteiger partial charge is 0.385 e. The predicted molar refractivity (Wildman–Crippen MR) is 82.0 cm³/mol. The van der Waals surface area contributed by atoms with E-state index in [1.807, 2.05) is 0 Å². The van der Waals surface area contributed by atoms with E-state index < -0.39 is 0 Å². The third-order valence-electron chi connectivity index (χ3n) is 4.26. The molecule has 3 rings (SSSR count). The second-order valence-electron chi connectivity index (χ2n) is 5.52. The van der Waals surface area contributed by atoms with Gasteiger partial charge in [0.25, 0.3) is 0 Å². The Bertz CT molecular complexity index is 599. The predicted octanol–water partition coefficient (Wildman–Crippen LogP) is 4.25. The summed E-state index contributed by atoms with van der Waals surface area (Å²) in [5.74, 6) is 0. The summed E-state index contributed by atoms with van der Waals surface area (Å²) < 4.78 is 0. The molecule has 1 nitrogen and oxygen atoms in total. The SMILES string of the molecule is Cc1cccc(Cc2cccc3c2NCCC3)c1C. The van der Waals surface area contributed by atoms with Crippen LogP contribution in [0.25, 0.3) is 0 Å². The molecule has 1 aliphatic rings. The third-order valence-corrected chi connectivity index (χ3v) is 4.26. The molecular formula is C18H21N. The van der Waals surface area contributed by atoms with Gasteiger partial charge in [-0.1, -0.05) is 36.4 Å². The molecule has 0 fully saturated rings. The lowest BCUT2D eigenvalue weighted by Crippen LogP contribution is -2.14. The van der Waals surface area contributed by atoms with Gasteiger partial charge < -0.3 is 5.32 Å². The van der Waals surface area contributed by atoms with Gasteiger partial charge in [-0.15, -0.1) is 0 Å². The number of aryl methyl sites for hydroxylation is 2. The number of anilines is 1. The first-order chi connectivity index (χ1) is 9.25. The molecule has 2 aromatic rings. The molecule has 1 heteroatoms. The van der Waals surface area contributed by atoms with Crippen LogP contribution < -0.4 is 5.32 Å². The van der Waals surface area contributed by atoms with Crippen molar-refractivity contribution in [2.75, 3.05) is 11.9 Å². The monoisotopic (exact) mass is 251 g/mol. The molecule has 0 saturated heterocycles. The lowest BCUT2D eigenvalue weighted by atomic mass is 9.93. The molecule has 0 aliphatic carbocycles. The van der Waals surface area contributed by atoms with E-state index in [4.69, 9.17) is 0 Å². The number of rotatable bonds is 2. The summed E-state index contributed by atoms with van der Waals surface area (Å²) in [5, 5.41) is 3.59. The highest BCUT2D eigenvalue weighted by Crippen LogP contribution is 2.28. The van der Waals surface area contributed by atoms with Crippen LogP contribution in [0.3, 0.4) is 0 Å². The van der Waals surface area contributed by atoms with E-state index in [-0.39, 0.29) is 0 Å². The van der Waals surface area contributed by atoms with Gasteiger partial charge in [0, 0.05) is 12.2 Å². The first-order valence-electron chi connectivity index (χ1n) is 7.15. The summed E-state index contributed by atoms with van der Waals surface area (Å²) in [5.41, 5.74) is 8.56. The molecule has 0 spiro atoms. The second kappa shape index (κ2) is 5.08. The normalized spacial score (nSPS) is 13.8. The highest BCUT2D eigenvalue weighted by atomic mass is 14.9. The Morgan fingerprint density at radius 3 is 2.68 bits per heavy atom. The maximum Gasteiger partial charge on any atom is 0.0408 e. The van der Waals surface area contributed by atoms with E-state index >= 15 is 0 Å². The lowest BCUT2D eigenvalue weighted by molar-refractivity contribution is 0.825. The van der Waals surface area contributed by atoms with Gasteiger partial charge in [-0.2, -0.15) is 0 Å². The van der Waals surface area contributed by atoms with E-state index in [1.165, 1.54) is 46.3 Å². The van der Waals surface area contributed by atoms with Crippen molar-refractivity contribution in [1.82, 2.24) is 0 Å². The first-order valence-corrected chi connectivity index (χ1v) is 7.15. The maximum absolute atomic E-state index is 3.59. The molecule has 1 N–H and O–H groups in total. The minimum atomic E-state index is 1.03. The zero-order chi connectivity index (χ0) is 13.2. The van der Waals surface area contributed by atoms with Crippen LogP contribution >= 0.6 is 0 Å². The molecule has 98 valence electrons. The summed E-state index contributed by atoms with van der Waals surface area (Å²) in [6, 6.07) is 13.3. The van der Waals surface area contributed by atoms with E-state index in [9.17, 15) is 0 Å². The summed E-state index contributed by atoms with van der Waals surface area (Å²) in [6.07, 6.45) is 3.49. The van der Waals surface area contributed by atoms with Crippen molar-refractivity contribution in [1.29, 1.82) is 0 Å². The minimum absolute atomic E-state index is 1.03. The fourth-order valence-electron chi connectivity index (χ4n) is 2.94. The van der Waals surface area contributed by atoms with Crippen LogP contribution in [0.4, 0.5) is 5.69 Å². The van der Waals surface area contributed by atoms with Crippen LogP contribution in [0.2, 0.25) is 0 Å². The standard InChI is InChI=1S/C18H21N/c1-13-6-3-8-16(14(13)2)12-17-9-4-7-15-10-5-11-19-18(15)17/h3-4,6-9,19H,5,10-12H2,1-2H3. The molecule has 0 aromatic heterocycles. The van der Waals surface area contributed by atoms with Gasteiger partial charge in [0.1, 0.15) is 0 Å². The molecule has 0 saturated carbocycles. The number of benzene rings is 2. The van der Waals surface area contributed by atoms with Crippen molar-refractivity contribution >= 4 is 5.69 Å². The Hall–Kier alpha value is -1.76. The number of hydrogen-bond donors (Lipinski definition) is 1. The fourth-order valence-corrected chi connectivity index (χ4v) is 2.94. The van der Waals surface area contributed by atoms with E-state index in [0.717, 1.165) is 13.0 Å². The Labute approximate surface area is 115 Å². The first kappa shape index (κ1) is 12.3. The highest BCUT2D eigenvalue weighted by molar-refractivity contribution is 5.60. The van der Waals surface area contributed by atoms with Gasteiger partial charge in [0.15, 0.2) is 0 Å². The fraction of sp³-hybridized carbons (Fsp3) is 0.333. The molecule has 0 amide bonds. The molecule has 0 radical (unpaired) electrons. The smallest absolute Gasteiger partial charge is 0.0408 e. The summed E-state index contributed by atoms with van der Waals surface area (Å²) in [7, 11) is 0. The summed E-state index contributed by atoms with van der Waals surface area (Å²) in [6.45, 7) is 5.53. The van der Waals surface area contributed by atoms with Crippen LogP contribution in [0.1, 0.15) is 34.2 Å². The molecule has 1 aliphatic heterocycles. The lowest BCUT2D eigenvalue weighted by Gasteiger charge is -2.21. The van der Waals surface area contributed by atoms with Gasteiger partial charge in [-0.3, -0.25) is 0 Å². The zero-order valence-electron chi connectivity index (χ0n) is 11.8. The van der Waals surface area contributed by atoms with Crippen molar-refractivity contribution in [2.24, 2.45) is 0 Å². The van der Waals surface area contributed by atoms with E-state index in [1.54, 1.807) is 0 Å².